The Morgan fingerprint density at radius 3 is 2.20 bits per heavy atom. The van der Waals surface area contributed by atoms with Gasteiger partial charge in [0.15, 0.2) is 0 Å². The fourth-order valence-electron chi connectivity index (χ4n) is 0.949. The molecular weight excluding hydrogens is 301 g/mol. The summed E-state index contributed by atoms with van der Waals surface area (Å²) < 4.78 is 67.0. The quantitative estimate of drug-likeness (QED) is 0.812. The van der Waals surface area contributed by atoms with Crippen LogP contribution in [0.1, 0.15) is 5.56 Å². The highest BCUT2D eigenvalue weighted by Crippen LogP contribution is 2.35. The zero-order valence-corrected chi connectivity index (χ0v) is 9.32. The standard InChI is InChI=1S/C7H4BrF3O3S/c8-4-1-2-6(15(12,13)14)5(3-4)7(9,10)11/h1-3H,(H,12,13,14). The van der Waals surface area contributed by atoms with Crippen LogP contribution in [0.4, 0.5) is 13.2 Å². The van der Waals surface area contributed by atoms with Crippen LogP contribution in [0.3, 0.4) is 0 Å². The van der Waals surface area contributed by atoms with Crippen LogP contribution < -0.4 is 0 Å². The summed E-state index contributed by atoms with van der Waals surface area (Å²) in [4.78, 5) is -1.15. The van der Waals surface area contributed by atoms with Gasteiger partial charge < -0.3 is 0 Å². The number of alkyl halides is 3. The van der Waals surface area contributed by atoms with Crippen molar-refractivity contribution in [2.45, 2.75) is 11.1 Å². The molecular formula is C7H4BrF3O3S. The molecule has 3 nitrogen and oxygen atoms in total. The number of benzene rings is 1. The second kappa shape index (κ2) is 3.76. The molecule has 0 spiro atoms. The first-order valence-corrected chi connectivity index (χ1v) is 5.70. The molecule has 1 aromatic carbocycles. The van der Waals surface area contributed by atoms with E-state index >= 15 is 0 Å². The first kappa shape index (κ1) is 12.5. The predicted molar refractivity (Wildman–Crippen MR) is 49.0 cm³/mol. The highest BCUT2D eigenvalue weighted by atomic mass is 79.9. The summed E-state index contributed by atoms with van der Waals surface area (Å²) in [6, 6.07) is 2.36. The Balaban J connectivity index is 3.55. The lowest BCUT2D eigenvalue weighted by atomic mass is 10.2. The Kier molecular flexibility index (Phi) is 3.13. The maximum absolute atomic E-state index is 12.4. The molecule has 0 fully saturated rings. The molecule has 0 aliphatic heterocycles. The summed E-state index contributed by atoms with van der Waals surface area (Å²) in [5, 5.41) is 0. The van der Waals surface area contributed by atoms with E-state index in [2.05, 4.69) is 15.9 Å². The molecule has 0 bridgehead atoms. The van der Waals surface area contributed by atoms with Crippen LogP contribution in [-0.2, 0) is 16.3 Å². The van der Waals surface area contributed by atoms with Crippen molar-refractivity contribution in [1.29, 1.82) is 0 Å². The van der Waals surface area contributed by atoms with Crippen molar-refractivity contribution in [2.24, 2.45) is 0 Å². The smallest absolute Gasteiger partial charge is 0.282 e. The van der Waals surface area contributed by atoms with E-state index in [0.717, 1.165) is 6.07 Å². The molecule has 0 aliphatic rings. The van der Waals surface area contributed by atoms with E-state index in [1.807, 2.05) is 0 Å². The van der Waals surface area contributed by atoms with Gasteiger partial charge >= 0.3 is 6.18 Å². The predicted octanol–water partition coefficient (Wildman–Crippen LogP) is 2.71. The van der Waals surface area contributed by atoms with Crippen LogP contribution in [0.5, 0.6) is 0 Å². The molecule has 15 heavy (non-hydrogen) atoms. The van der Waals surface area contributed by atoms with Crippen LogP contribution in [0.15, 0.2) is 27.6 Å². The minimum Gasteiger partial charge on any atom is -0.282 e. The van der Waals surface area contributed by atoms with Crippen LogP contribution >= 0.6 is 15.9 Å². The van der Waals surface area contributed by atoms with Gasteiger partial charge in [-0.2, -0.15) is 21.6 Å². The van der Waals surface area contributed by atoms with Crippen molar-refractivity contribution in [3.63, 3.8) is 0 Å². The van der Waals surface area contributed by atoms with Gasteiger partial charge in [-0.05, 0) is 18.2 Å². The van der Waals surface area contributed by atoms with E-state index in [0.29, 0.717) is 12.1 Å². The number of halogens is 4. The maximum atomic E-state index is 12.4. The molecule has 0 amide bonds. The Morgan fingerprint density at radius 2 is 1.80 bits per heavy atom. The summed E-state index contributed by atoms with van der Waals surface area (Å²) in [6.45, 7) is 0. The molecule has 0 heterocycles. The highest BCUT2D eigenvalue weighted by Gasteiger charge is 2.36. The van der Waals surface area contributed by atoms with Gasteiger partial charge in [0, 0.05) is 4.47 Å². The molecule has 0 aliphatic carbocycles. The van der Waals surface area contributed by atoms with E-state index in [9.17, 15) is 21.6 Å². The average molecular weight is 305 g/mol. The Hall–Kier alpha value is -0.600. The van der Waals surface area contributed by atoms with Gasteiger partial charge in [-0.3, -0.25) is 4.55 Å². The molecule has 0 atom stereocenters. The minimum absolute atomic E-state index is 0.0715. The van der Waals surface area contributed by atoms with E-state index < -0.39 is 26.8 Å². The van der Waals surface area contributed by atoms with Crippen LogP contribution in [0.25, 0.3) is 0 Å². The van der Waals surface area contributed by atoms with Crippen molar-refractivity contribution >= 4 is 26.0 Å². The SMILES string of the molecule is O=S(=O)(O)c1ccc(Br)cc1C(F)(F)F. The number of hydrogen-bond acceptors (Lipinski definition) is 2. The second-order valence-electron chi connectivity index (χ2n) is 2.61. The van der Waals surface area contributed by atoms with Crippen molar-refractivity contribution in [1.82, 2.24) is 0 Å². The number of hydrogen-bond donors (Lipinski definition) is 1. The number of rotatable bonds is 1. The summed E-state index contributed by atoms with van der Waals surface area (Å²) in [5.41, 5.74) is -1.40. The molecule has 0 saturated heterocycles. The average Bonchev–Trinajstić information content (AvgIpc) is 2.00. The van der Waals surface area contributed by atoms with Gasteiger partial charge in [0.1, 0.15) is 4.90 Å². The Morgan fingerprint density at radius 1 is 1.27 bits per heavy atom. The first-order chi connectivity index (χ1) is 6.62. The van der Waals surface area contributed by atoms with Crippen LogP contribution in [0.2, 0.25) is 0 Å². The van der Waals surface area contributed by atoms with E-state index in [-0.39, 0.29) is 4.47 Å². The second-order valence-corrected chi connectivity index (χ2v) is 4.92. The largest absolute Gasteiger partial charge is 0.417 e. The maximum Gasteiger partial charge on any atom is 0.417 e. The molecule has 1 N–H and O–H groups in total. The topological polar surface area (TPSA) is 54.4 Å². The summed E-state index contributed by atoms with van der Waals surface area (Å²) in [7, 11) is -4.87. The van der Waals surface area contributed by atoms with Gasteiger partial charge in [0.25, 0.3) is 10.1 Å². The van der Waals surface area contributed by atoms with Gasteiger partial charge in [0.05, 0.1) is 5.56 Å². The third-order valence-electron chi connectivity index (χ3n) is 1.52. The summed E-state index contributed by atoms with van der Waals surface area (Å²) >= 11 is 2.78. The molecule has 1 aromatic rings. The molecule has 0 aromatic heterocycles. The lowest BCUT2D eigenvalue weighted by molar-refractivity contribution is -0.140. The van der Waals surface area contributed by atoms with E-state index in [4.69, 9.17) is 4.55 Å². The lowest BCUT2D eigenvalue weighted by Gasteiger charge is -2.10. The van der Waals surface area contributed by atoms with Gasteiger partial charge in [-0.1, -0.05) is 15.9 Å². The van der Waals surface area contributed by atoms with Gasteiger partial charge in [-0.15, -0.1) is 0 Å². The van der Waals surface area contributed by atoms with Crippen molar-refractivity contribution in [3.05, 3.63) is 28.2 Å². The zero-order valence-electron chi connectivity index (χ0n) is 6.92. The normalized spacial score (nSPS) is 12.9. The van der Waals surface area contributed by atoms with Crippen molar-refractivity contribution in [2.75, 3.05) is 0 Å². The highest BCUT2D eigenvalue weighted by molar-refractivity contribution is 9.10. The lowest BCUT2D eigenvalue weighted by Crippen LogP contribution is -2.12. The minimum atomic E-state index is -4.87. The van der Waals surface area contributed by atoms with E-state index in [1.165, 1.54) is 0 Å². The Labute approximate surface area is 91.8 Å². The first-order valence-electron chi connectivity index (χ1n) is 3.46. The zero-order chi connectivity index (χ0) is 11.9. The molecule has 1 rings (SSSR count). The third-order valence-corrected chi connectivity index (χ3v) is 2.93. The monoisotopic (exact) mass is 304 g/mol. The molecule has 0 unspecified atom stereocenters. The van der Waals surface area contributed by atoms with Gasteiger partial charge in [0.2, 0.25) is 0 Å². The molecule has 84 valence electrons. The Bertz CT molecular complexity index is 481. The van der Waals surface area contributed by atoms with E-state index in [1.54, 1.807) is 0 Å². The van der Waals surface area contributed by atoms with Crippen LogP contribution in [-0.4, -0.2) is 13.0 Å². The fraction of sp³-hybridized carbons (Fsp3) is 0.143. The van der Waals surface area contributed by atoms with Crippen molar-refractivity contribution < 1.29 is 26.1 Å². The van der Waals surface area contributed by atoms with Gasteiger partial charge in [-0.25, -0.2) is 0 Å². The summed E-state index contributed by atoms with van der Waals surface area (Å²) in [6.07, 6.45) is -4.84. The van der Waals surface area contributed by atoms with Crippen molar-refractivity contribution in [3.8, 4) is 0 Å². The fourth-order valence-corrected chi connectivity index (χ4v) is 2.00. The molecule has 0 radical (unpaired) electrons. The summed E-state index contributed by atoms with van der Waals surface area (Å²) in [5.74, 6) is 0. The molecule has 0 saturated carbocycles. The van der Waals surface area contributed by atoms with Crippen LogP contribution in [0, 0.1) is 0 Å². The third kappa shape index (κ3) is 2.93. The molecule has 8 heteroatoms.